The smallest absolute Gasteiger partial charge is 0.405 e. The van der Waals surface area contributed by atoms with Crippen LogP contribution in [0.4, 0.5) is 16.2 Å². The third-order valence-corrected chi connectivity index (χ3v) is 7.97. The van der Waals surface area contributed by atoms with Crippen molar-refractivity contribution >= 4 is 35.4 Å². The summed E-state index contributed by atoms with van der Waals surface area (Å²) in [7, 11) is 4.47. The third-order valence-electron chi connectivity index (χ3n) is 7.97. The van der Waals surface area contributed by atoms with E-state index in [0.29, 0.717) is 16.8 Å². The van der Waals surface area contributed by atoms with Crippen molar-refractivity contribution in [2.75, 3.05) is 24.9 Å². The van der Waals surface area contributed by atoms with Crippen LogP contribution in [0.15, 0.2) is 53.2 Å². The number of aliphatic hydroxyl groups is 1. The molecule has 0 saturated heterocycles. The summed E-state index contributed by atoms with van der Waals surface area (Å²) < 4.78 is 18.0. The molecule has 3 rings (SSSR count). The van der Waals surface area contributed by atoms with Crippen LogP contribution in [0.1, 0.15) is 55.9 Å². The summed E-state index contributed by atoms with van der Waals surface area (Å²) in [6, 6.07) is 2.70. The Morgan fingerprint density at radius 2 is 1.81 bits per heavy atom. The molecule has 0 saturated carbocycles. The number of carbonyl (C=O) groups excluding carboxylic acids is 3. The average Bonchev–Trinajstić information content (AvgIpc) is 3.37. The number of aryl methyl sites for hydroxylation is 2. The van der Waals surface area contributed by atoms with Crippen LogP contribution in [0, 0.1) is 12.8 Å². The van der Waals surface area contributed by atoms with Gasteiger partial charge in [0.1, 0.15) is 23.3 Å². The van der Waals surface area contributed by atoms with Crippen molar-refractivity contribution in [2.45, 2.75) is 65.5 Å². The Hall–Kier alpha value is -4.92. The summed E-state index contributed by atoms with van der Waals surface area (Å²) in [5.41, 5.74) is 7.31. The van der Waals surface area contributed by atoms with Crippen LogP contribution in [0.2, 0.25) is 0 Å². The highest BCUT2D eigenvalue weighted by molar-refractivity contribution is 6.08. The topological polar surface area (TPSA) is 207 Å². The first-order valence-electron chi connectivity index (χ1n) is 15.2. The normalized spacial score (nSPS) is 22.6. The van der Waals surface area contributed by atoms with Gasteiger partial charge in [-0.25, -0.2) is 4.79 Å². The summed E-state index contributed by atoms with van der Waals surface area (Å²) in [5.74, 6) is -2.56. The van der Waals surface area contributed by atoms with Gasteiger partial charge in [0.2, 0.25) is 0 Å². The Bertz CT molecular complexity index is 1660. The van der Waals surface area contributed by atoms with Crippen molar-refractivity contribution in [3.05, 3.63) is 70.1 Å². The van der Waals surface area contributed by atoms with Gasteiger partial charge < -0.3 is 45.9 Å². The Labute approximate surface area is 279 Å². The highest BCUT2D eigenvalue weighted by atomic mass is 16.6. The lowest BCUT2D eigenvalue weighted by Gasteiger charge is -2.28. The summed E-state index contributed by atoms with van der Waals surface area (Å²) in [5, 5.41) is 43.3. The van der Waals surface area contributed by atoms with E-state index in [1.807, 2.05) is 0 Å². The number of aliphatic hydroxyl groups excluding tert-OH is 1. The number of anilines is 2. The van der Waals surface area contributed by atoms with Crippen LogP contribution < -0.4 is 16.4 Å². The van der Waals surface area contributed by atoms with Crippen LogP contribution >= 0.6 is 0 Å². The van der Waals surface area contributed by atoms with E-state index in [2.05, 4.69) is 15.7 Å². The highest BCUT2D eigenvalue weighted by Gasteiger charge is 2.29. The molecular weight excluding hydrogens is 622 g/mol. The summed E-state index contributed by atoms with van der Waals surface area (Å²) in [6.07, 6.45) is 3.43. The van der Waals surface area contributed by atoms with Gasteiger partial charge in [-0.15, -0.1) is 0 Å². The second-order valence-corrected chi connectivity index (χ2v) is 11.8. The number of ether oxygens (including phenoxy) is 3. The minimum absolute atomic E-state index is 0.0111. The van der Waals surface area contributed by atoms with E-state index in [9.17, 15) is 29.7 Å². The molecule has 5 atom stereocenters. The number of nitrogens with zero attached hydrogens (tertiary/aromatic N) is 2. The molecule has 7 N–H and O–H groups in total. The summed E-state index contributed by atoms with van der Waals surface area (Å²) in [4.78, 5) is 38.2. The Balaban J connectivity index is 2.19. The zero-order chi connectivity index (χ0) is 35.9. The fourth-order valence-electron chi connectivity index (χ4n) is 5.41. The van der Waals surface area contributed by atoms with Crippen molar-refractivity contribution in [1.29, 1.82) is 0 Å². The molecule has 2 heterocycles. The van der Waals surface area contributed by atoms with Crippen LogP contribution in [-0.2, 0) is 26.1 Å². The molecule has 1 aromatic carbocycles. The predicted octanol–water partition coefficient (Wildman–Crippen LogP) is 4.08. The molecule has 14 nitrogen and oxygen atoms in total. The second-order valence-electron chi connectivity index (χ2n) is 11.8. The van der Waals surface area contributed by atoms with Crippen molar-refractivity contribution < 1.29 is 43.9 Å². The molecule has 0 unspecified atom stereocenters. The van der Waals surface area contributed by atoms with E-state index < -0.39 is 59.7 Å². The largest absolute Gasteiger partial charge is 0.506 e. The second kappa shape index (κ2) is 16.3. The van der Waals surface area contributed by atoms with Crippen LogP contribution in [-0.4, -0.2) is 81.6 Å². The van der Waals surface area contributed by atoms with Crippen LogP contribution in [0.3, 0.4) is 0 Å². The van der Waals surface area contributed by atoms with Gasteiger partial charge in [-0.2, -0.15) is 5.10 Å². The molecule has 3 amide bonds. The van der Waals surface area contributed by atoms with E-state index in [-0.39, 0.29) is 34.6 Å². The number of allylic oxidation sites excluding steroid dienone is 2. The number of nitrogens with two attached hydrogens (primary N) is 1. The molecule has 0 fully saturated rings. The Kier molecular flexibility index (Phi) is 12.7. The number of phenols is 2. The van der Waals surface area contributed by atoms with Gasteiger partial charge in [0.25, 0.3) is 11.8 Å². The van der Waals surface area contributed by atoms with Crippen LogP contribution in [0.5, 0.6) is 11.5 Å². The molecule has 0 spiro atoms. The van der Waals surface area contributed by atoms with Gasteiger partial charge >= 0.3 is 6.09 Å². The highest BCUT2D eigenvalue weighted by Crippen LogP contribution is 2.42. The minimum Gasteiger partial charge on any atom is -0.506 e. The van der Waals surface area contributed by atoms with Crippen molar-refractivity contribution in [2.24, 2.45) is 18.7 Å². The number of fused-ring (bicyclic) bond motifs is 2. The van der Waals surface area contributed by atoms with E-state index in [1.165, 1.54) is 44.1 Å². The van der Waals surface area contributed by atoms with Crippen molar-refractivity contribution in [1.82, 2.24) is 9.78 Å². The molecule has 14 heteroatoms. The van der Waals surface area contributed by atoms with Gasteiger partial charge in [0.05, 0.1) is 29.3 Å². The van der Waals surface area contributed by atoms with E-state index in [1.54, 1.807) is 53.0 Å². The number of methoxy groups -OCH3 is 2. The number of aromatic nitrogens is 2. The van der Waals surface area contributed by atoms with Gasteiger partial charge in [-0.05, 0) is 51.8 Å². The molecule has 2 bridgehead atoms. The average molecular weight is 668 g/mol. The lowest BCUT2D eigenvalue weighted by atomic mass is 9.91. The number of primary amides is 1. The number of hydrogen-bond donors (Lipinski definition) is 6. The van der Waals surface area contributed by atoms with E-state index in [4.69, 9.17) is 19.9 Å². The minimum atomic E-state index is -1.05. The number of hydrogen-bond acceptors (Lipinski definition) is 10. The maximum atomic E-state index is 13.2. The SMILES string of the molecule is CO[C@H]1C=CC=C(C)C(=O)Nc2cc(O)c(NC(=O)c3cc(C)nn3C)c(c2O)C=C(C)C[C@H](OC)[C@H](O)[C@@H](C)C=C(C)[C@@H]1OC(N)=O. The number of benzene rings is 1. The Morgan fingerprint density at radius 3 is 2.40 bits per heavy atom. The number of rotatable bonds is 5. The zero-order valence-corrected chi connectivity index (χ0v) is 28.4. The maximum absolute atomic E-state index is 13.2. The van der Waals surface area contributed by atoms with Crippen LogP contribution in [0.25, 0.3) is 6.08 Å². The maximum Gasteiger partial charge on any atom is 0.405 e. The molecule has 2 aromatic rings. The monoisotopic (exact) mass is 667 g/mol. The lowest BCUT2D eigenvalue weighted by Crippen LogP contribution is -2.36. The molecule has 0 radical (unpaired) electrons. The fourth-order valence-corrected chi connectivity index (χ4v) is 5.41. The molecule has 0 aliphatic carbocycles. The number of nitrogens with one attached hydrogen (secondary N) is 2. The van der Waals surface area contributed by atoms with Gasteiger partial charge in [-0.3, -0.25) is 14.3 Å². The first-order chi connectivity index (χ1) is 22.6. The quantitative estimate of drug-likeness (QED) is 0.153. The lowest BCUT2D eigenvalue weighted by molar-refractivity contribution is -0.112. The number of phenolic OH excluding ortho intramolecular Hbond substituents is 2. The summed E-state index contributed by atoms with van der Waals surface area (Å²) >= 11 is 0. The number of amides is 3. The number of carbonyl (C=O) groups is 3. The predicted molar refractivity (Wildman–Crippen MR) is 180 cm³/mol. The van der Waals surface area contributed by atoms with E-state index in [0.717, 1.165) is 6.07 Å². The Morgan fingerprint density at radius 1 is 1.12 bits per heavy atom. The molecule has 1 aliphatic rings. The zero-order valence-electron chi connectivity index (χ0n) is 28.4. The summed E-state index contributed by atoms with van der Waals surface area (Å²) in [6.45, 7) is 8.47. The van der Waals surface area contributed by atoms with Gasteiger partial charge in [0, 0.05) is 44.4 Å². The molecule has 260 valence electrons. The first-order valence-corrected chi connectivity index (χ1v) is 15.2. The molecule has 1 aliphatic heterocycles. The standard InChI is InChI=1S/C34H45N5O9/c1-17-12-22-28(37-33(44)24-15-21(5)38-39(24)6)25(40)16-23(30(22)42)36-32(43)18(2)10-9-11-26(46-7)31(48-34(35)45)20(4)14-19(3)29(41)27(13-17)47-8/h9-12,14-16,19,26-27,29,31,40-42H,13H2,1-8H3,(H2,35,45)(H,36,43)(H,37,44)/t19-,26-,27-,29+,31-/m0/s1. The molecular formula is C34H45N5O9. The van der Waals surface area contributed by atoms with E-state index >= 15 is 0 Å². The third kappa shape index (κ3) is 9.12. The van der Waals surface area contributed by atoms with Crippen molar-refractivity contribution in [3.8, 4) is 11.5 Å². The van der Waals surface area contributed by atoms with Crippen molar-refractivity contribution in [3.63, 3.8) is 0 Å². The molecule has 48 heavy (non-hydrogen) atoms. The molecule has 1 aromatic heterocycles. The van der Waals surface area contributed by atoms with Gasteiger partial charge in [-0.1, -0.05) is 36.8 Å². The number of aromatic hydroxyl groups is 2. The fraction of sp³-hybridized carbons (Fsp3) is 0.412. The van der Waals surface area contributed by atoms with Gasteiger partial charge in [0.15, 0.2) is 6.10 Å². The first kappa shape index (κ1) is 37.5.